The Kier molecular flexibility index (Phi) is 3.36. The van der Waals surface area contributed by atoms with Crippen molar-refractivity contribution in [3.05, 3.63) is 0 Å². The van der Waals surface area contributed by atoms with Crippen LogP contribution >= 0.6 is 0 Å². The van der Waals surface area contributed by atoms with Crippen LogP contribution in [0.1, 0.15) is 40.0 Å². The summed E-state index contributed by atoms with van der Waals surface area (Å²) in [6, 6.07) is 0. The van der Waals surface area contributed by atoms with Crippen molar-refractivity contribution < 1.29 is 4.74 Å². The summed E-state index contributed by atoms with van der Waals surface area (Å²) < 4.78 is 5.58. The van der Waals surface area contributed by atoms with Crippen LogP contribution in [0.5, 0.6) is 0 Å². The van der Waals surface area contributed by atoms with Gasteiger partial charge >= 0.3 is 0 Å². The molecular formula is C13H25NO. The number of hydrogen-bond donors (Lipinski definition) is 0. The van der Waals surface area contributed by atoms with Gasteiger partial charge in [0.05, 0.1) is 12.7 Å². The summed E-state index contributed by atoms with van der Waals surface area (Å²) >= 11 is 0. The molecule has 2 fully saturated rings. The molecular weight excluding hydrogens is 186 g/mol. The molecule has 1 heterocycles. The SMILES string of the molecule is CC(C)CC1(CN2CCO[C@@H](C)C2)CC1. The van der Waals surface area contributed by atoms with Gasteiger partial charge in [0.25, 0.3) is 0 Å². The predicted octanol–water partition coefficient (Wildman–Crippen LogP) is 2.53. The molecule has 0 aromatic rings. The summed E-state index contributed by atoms with van der Waals surface area (Å²) in [4.78, 5) is 2.61. The summed E-state index contributed by atoms with van der Waals surface area (Å²) in [5, 5.41) is 0. The van der Waals surface area contributed by atoms with Crippen molar-refractivity contribution in [1.82, 2.24) is 4.90 Å². The van der Waals surface area contributed by atoms with Crippen molar-refractivity contribution in [2.24, 2.45) is 11.3 Å². The third kappa shape index (κ3) is 3.18. The Morgan fingerprint density at radius 3 is 2.67 bits per heavy atom. The molecule has 1 atom stereocenters. The highest BCUT2D eigenvalue weighted by molar-refractivity contribution is 4.96. The molecule has 1 aliphatic carbocycles. The third-order valence-corrected chi connectivity index (χ3v) is 3.68. The minimum atomic E-state index is 0.439. The van der Waals surface area contributed by atoms with E-state index in [1.807, 2.05) is 0 Å². The van der Waals surface area contributed by atoms with E-state index in [1.54, 1.807) is 0 Å². The minimum absolute atomic E-state index is 0.439. The fraction of sp³-hybridized carbons (Fsp3) is 1.00. The van der Waals surface area contributed by atoms with Crippen LogP contribution in [0.2, 0.25) is 0 Å². The fourth-order valence-corrected chi connectivity index (χ4v) is 2.98. The van der Waals surface area contributed by atoms with Gasteiger partial charge in [-0.25, -0.2) is 0 Å². The number of nitrogens with zero attached hydrogens (tertiary/aromatic N) is 1. The van der Waals surface area contributed by atoms with E-state index in [1.165, 1.54) is 25.8 Å². The smallest absolute Gasteiger partial charge is 0.0674 e. The molecule has 1 aliphatic heterocycles. The van der Waals surface area contributed by atoms with E-state index in [4.69, 9.17) is 4.74 Å². The zero-order valence-electron chi connectivity index (χ0n) is 10.5. The molecule has 2 aliphatic rings. The summed E-state index contributed by atoms with van der Waals surface area (Å²) in [6.45, 7) is 11.4. The van der Waals surface area contributed by atoms with Gasteiger partial charge in [0.1, 0.15) is 0 Å². The Balaban J connectivity index is 1.80. The van der Waals surface area contributed by atoms with Gasteiger partial charge in [-0.1, -0.05) is 13.8 Å². The molecule has 2 rings (SSSR count). The Morgan fingerprint density at radius 2 is 2.13 bits per heavy atom. The Morgan fingerprint density at radius 1 is 1.40 bits per heavy atom. The van der Waals surface area contributed by atoms with Crippen molar-refractivity contribution in [1.29, 1.82) is 0 Å². The van der Waals surface area contributed by atoms with E-state index >= 15 is 0 Å². The third-order valence-electron chi connectivity index (χ3n) is 3.68. The van der Waals surface area contributed by atoms with Crippen LogP contribution in [0.3, 0.4) is 0 Å². The molecule has 1 saturated carbocycles. The van der Waals surface area contributed by atoms with Gasteiger partial charge in [-0.05, 0) is 37.5 Å². The Hall–Kier alpha value is -0.0800. The van der Waals surface area contributed by atoms with E-state index in [0.717, 1.165) is 25.6 Å². The normalized spacial score (nSPS) is 30.8. The lowest BCUT2D eigenvalue weighted by molar-refractivity contribution is -0.0256. The fourth-order valence-electron chi connectivity index (χ4n) is 2.98. The van der Waals surface area contributed by atoms with Crippen LogP contribution < -0.4 is 0 Å². The molecule has 15 heavy (non-hydrogen) atoms. The monoisotopic (exact) mass is 211 g/mol. The molecule has 88 valence electrons. The maximum absolute atomic E-state index is 5.58. The molecule has 2 nitrogen and oxygen atoms in total. The highest BCUT2D eigenvalue weighted by atomic mass is 16.5. The van der Waals surface area contributed by atoms with E-state index < -0.39 is 0 Å². The molecule has 0 amide bonds. The highest BCUT2D eigenvalue weighted by Gasteiger charge is 2.44. The largest absolute Gasteiger partial charge is 0.376 e. The van der Waals surface area contributed by atoms with Gasteiger partial charge in [-0.3, -0.25) is 4.90 Å². The number of ether oxygens (including phenoxy) is 1. The first kappa shape index (κ1) is 11.4. The average Bonchev–Trinajstić information content (AvgIpc) is 2.83. The predicted molar refractivity (Wildman–Crippen MR) is 63.0 cm³/mol. The van der Waals surface area contributed by atoms with E-state index in [2.05, 4.69) is 25.7 Å². The first-order chi connectivity index (χ1) is 7.10. The molecule has 2 heteroatoms. The van der Waals surface area contributed by atoms with Crippen LogP contribution in [0.15, 0.2) is 0 Å². The van der Waals surface area contributed by atoms with Gasteiger partial charge < -0.3 is 4.74 Å². The standard InChI is InChI=1S/C13H25NO/c1-11(2)8-13(4-5-13)10-14-6-7-15-12(3)9-14/h11-12H,4-10H2,1-3H3/t12-/m0/s1. The van der Waals surface area contributed by atoms with E-state index in [-0.39, 0.29) is 0 Å². The van der Waals surface area contributed by atoms with Crippen molar-refractivity contribution in [3.63, 3.8) is 0 Å². The summed E-state index contributed by atoms with van der Waals surface area (Å²) in [5.74, 6) is 0.853. The summed E-state index contributed by atoms with van der Waals surface area (Å²) in [7, 11) is 0. The van der Waals surface area contributed by atoms with Gasteiger partial charge in [-0.15, -0.1) is 0 Å². The first-order valence-corrected chi connectivity index (χ1v) is 6.44. The van der Waals surface area contributed by atoms with Gasteiger partial charge in [0.15, 0.2) is 0 Å². The quantitative estimate of drug-likeness (QED) is 0.708. The van der Waals surface area contributed by atoms with Crippen LogP contribution in [0.25, 0.3) is 0 Å². The number of hydrogen-bond acceptors (Lipinski definition) is 2. The molecule has 0 N–H and O–H groups in total. The summed E-state index contributed by atoms with van der Waals surface area (Å²) in [6.07, 6.45) is 4.76. The lowest BCUT2D eigenvalue weighted by Crippen LogP contribution is -2.43. The molecule has 0 spiro atoms. The molecule has 0 aromatic heterocycles. The van der Waals surface area contributed by atoms with E-state index in [9.17, 15) is 0 Å². The second kappa shape index (κ2) is 4.42. The van der Waals surface area contributed by atoms with Crippen LogP contribution in [-0.4, -0.2) is 37.2 Å². The van der Waals surface area contributed by atoms with Crippen molar-refractivity contribution >= 4 is 0 Å². The zero-order chi connectivity index (χ0) is 10.9. The molecule has 0 bridgehead atoms. The maximum atomic E-state index is 5.58. The molecule has 1 saturated heterocycles. The van der Waals surface area contributed by atoms with E-state index in [0.29, 0.717) is 11.5 Å². The number of morpholine rings is 1. The van der Waals surface area contributed by atoms with Crippen molar-refractivity contribution in [2.45, 2.75) is 46.1 Å². The van der Waals surface area contributed by atoms with Crippen LogP contribution in [-0.2, 0) is 4.74 Å². The molecule has 0 unspecified atom stereocenters. The van der Waals surface area contributed by atoms with Crippen LogP contribution in [0.4, 0.5) is 0 Å². The first-order valence-electron chi connectivity index (χ1n) is 6.44. The zero-order valence-corrected chi connectivity index (χ0v) is 10.5. The average molecular weight is 211 g/mol. The summed E-state index contributed by atoms with van der Waals surface area (Å²) in [5.41, 5.74) is 0.686. The van der Waals surface area contributed by atoms with Crippen LogP contribution in [0, 0.1) is 11.3 Å². The molecule has 0 aromatic carbocycles. The number of rotatable bonds is 4. The minimum Gasteiger partial charge on any atom is -0.376 e. The molecule has 0 radical (unpaired) electrons. The van der Waals surface area contributed by atoms with Gasteiger partial charge in [-0.2, -0.15) is 0 Å². The van der Waals surface area contributed by atoms with Gasteiger partial charge in [0, 0.05) is 19.6 Å². The Labute approximate surface area is 94.0 Å². The maximum Gasteiger partial charge on any atom is 0.0674 e. The topological polar surface area (TPSA) is 12.5 Å². The second-order valence-electron chi connectivity index (χ2n) is 6.01. The second-order valence-corrected chi connectivity index (χ2v) is 6.01. The lowest BCUT2D eigenvalue weighted by atomic mass is 9.93. The lowest BCUT2D eigenvalue weighted by Gasteiger charge is -2.34. The van der Waals surface area contributed by atoms with Crippen molar-refractivity contribution in [3.8, 4) is 0 Å². The highest BCUT2D eigenvalue weighted by Crippen LogP contribution is 2.51. The van der Waals surface area contributed by atoms with Crippen molar-refractivity contribution in [2.75, 3.05) is 26.2 Å². The van der Waals surface area contributed by atoms with Gasteiger partial charge in [0.2, 0.25) is 0 Å². The Bertz CT molecular complexity index is 211.